The largest absolute Gasteiger partial charge is 0.455 e. The van der Waals surface area contributed by atoms with Crippen LogP contribution in [0.15, 0.2) is 54.6 Å². The summed E-state index contributed by atoms with van der Waals surface area (Å²) in [7, 11) is 0. The van der Waals surface area contributed by atoms with Gasteiger partial charge in [0.2, 0.25) is 0 Å². The molecular formula is C18H18N2O. The molecule has 0 spiro atoms. The lowest BCUT2D eigenvalue weighted by Gasteiger charge is -2.12. The summed E-state index contributed by atoms with van der Waals surface area (Å²) in [4.78, 5) is 4.65. The quantitative estimate of drug-likeness (QED) is 0.746. The minimum absolute atomic E-state index is 0.779. The van der Waals surface area contributed by atoms with Crippen molar-refractivity contribution in [2.75, 3.05) is 11.9 Å². The van der Waals surface area contributed by atoms with E-state index in [1.807, 2.05) is 49.4 Å². The van der Waals surface area contributed by atoms with E-state index in [1.165, 1.54) is 0 Å². The standard InChI is InChI=1S/C18H18N2O/c1-3-19-16-12-13(2)20-18-15(16)10-7-11-17(18)21-14-8-5-4-6-9-14/h4-12H,3H2,1-2H3,(H,19,20). The Kier molecular flexibility index (Phi) is 3.73. The molecule has 0 aliphatic rings. The molecule has 0 saturated heterocycles. The molecule has 3 heteroatoms. The molecule has 3 nitrogen and oxygen atoms in total. The number of nitrogens with one attached hydrogen (secondary N) is 1. The van der Waals surface area contributed by atoms with Crippen LogP contribution in [0.4, 0.5) is 5.69 Å². The fourth-order valence-electron chi connectivity index (χ4n) is 2.38. The first-order valence-corrected chi connectivity index (χ1v) is 7.15. The van der Waals surface area contributed by atoms with E-state index in [2.05, 4.69) is 29.4 Å². The third-order valence-electron chi connectivity index (χ3n) is 3.27. The molecule has 0 unspecified atom stereocenters. The molecule has 0 bridgehead atoms. The molecule has 2 aromatic carbocycles. The lowest BCUT2D eigenvalue weighted by molar-refractivity contribution is 0.487. The van der Waals surface area contributed by atoms with Crippen molar-refractivity contribution in [3.8, 4) is 11.5 Å². The zero-order chi connectivity index (χ0) is 14.7. The molecule has 0 fully saturated rings. The number of anilines is 1. The maximum Gasteiger partial charge on any atom is 0.153 e. The van der Waals surface area contributed by atoms with Crippen molar-refractivity contribution in [3.63, 3.8) is 0 Å². The van der Waals surface area contributed by atoms with Crippen molar-refractivity contribution in [3.05, 3.63) is 60.3 Å². The summed E-state index contributed by atoms with van der Waals surface area (Å²) in [6.45, 7) is 4.97. The minimum Gasteiger partial charge on any atom is -0.455 e. The first-order chi connectivity index (χ1) is 10.3. The predicted molar refractivity (Wildman–Crippen MR) is 87.2 cm³/mol. The Morgan fingerprint density at radius 2 is 1.86 bits per heavy atom. The van der Waals surface area contributed by atoms with E-state index in [9.17, 15) is 0 Å². The SMILES string of the molecule is CCNc1cc(C)nc2c(Oc3ccccc3)cccc12. The van der Waals surface area contributed by atoms with Crippen LogP contribution in [0.2, 0.25) is 0 Å². The number of ether oxygens (including phenoxy) is 1. The van der Waals surface area contributed by atoms with Gasteiger partial charge in [-0.05, 0) is 38.1 Å². The molecule has 0 aliphatic carbocycles. The number of benzene rings is 2. The number of fused-ring (bicyclic) bond motifs is 1. The maximum atomic E-state index is 5.99. The van der Waals surface area contributed by atoms with Crippen molar-refractivity contribution in [2.24, 2.45) is 0 Å². The molecule has 0 aliphatic heterocycles. The zero-order valence-corrected chi connectivity index (χ0v) is 12.3. The number of rotatable bonds is 4. The van der Waals surface area contributed by atoms with Crippen LogP contribution < -0.4 is 10.1 Å². The first-order valence-electron chi connectivity index (χ1n) is 7.15. The van der Waals surface area contributed by atoms with E-state index in [-0.39, 0.29) is 0 Å². The number of hydrogen-bond donors (Lipinski definition) is 1. The maximum absolute atomic E-state index is 5.99. The Hall–Kier alpha value is -2.55. The zero-order valence-electron chi connectivity index (χ0n) is 12.3. The molecule has 3 aromatic rings. The number of para-hydroxylation sites is 2. The summed E-state index contributed by atoms with van der Waals surface area (Å²) in [5.41, 5.74) is 2.96. The van der Waals surface area contributed by atoms with Crippen LogP contribution in [0.25, 0.3) is 10.9 Å². The van der Waals surface area contributed by atoms with E-state index >= 15 is 0 Å². The van der Waals surface area contributed by atoms with Crippen LogP contribution in [0.3, 0.4) is 0 Å². The topological polar surface area (TPSA) is 34.2 Å². The van der Waals surface area contributed by atoms with Crippen LogP contribution in [0, 0.1) is 6.92 Å². The van der Waals surface area contributed by atoms with Gasteiger partial charge in [-0.3, -0.25) is 0 Å². The van der Waals surface area contributed by atoms with E-state index in [4.69, 9.17) is 4.74 Å². The van der Waals surface area contributed by atoms with Gasteiger partial charge in [0, 0.05) is 23.3 Å². The molecular weight excluding hydrogens is 260 g/mol. The van der Waals surface area contributed by atoms with Gasteiger partial charge in [-0.15, -0.1) is 0 Å². The molecule has 106 valence electrons. The molecule has 1 heterocycles. The highest BCUT2D eigenvalue weighted by Crippen LogP contribution is 2.32. The average molecular weight is 278 g/mol. The molecule has 0 saturated carbocycles. The van der Waals surface area contributed by atoms with Gasteiger partial charge in [-0.25, -0.2) is 4.98 Å². The second-order valence-electron chi connectivity index (χ2n) is 4.91. The Morgan fingerprint density at radius 3 is 2.62 bits per heavy atom. The van der Waals surface area contributed by atoms with Gasteiger partial charge in [-0.2, -0.15) is 0 Å². The van der Waals surface area contributed by atoms with Crippen LogP contribution in [0.1, 0.15) is 12.6 Å². The van der Waals surface area contributed by atoms with E-state index in [0.717, 1.165) is 40.3 Å². The van der Waals surface area contributed by atoms with Crippen molar-refractivity contribution in [1.82, 2.24) is 4.98 Å². The molecule has 1 aromatic heterocycles. The van der Waals surface area contributed by atoms with Crippen LogP contribution >= 0.6 is 0 Å². The summed E-state index contributed by atoms with van der Waals surface area (Å²) in [6.07, 6.45) is 0. The van der Waals surface area contributed by atoms with E-state index in [1.54, 1.807) is 0 Å². The second kappa shape index (κ2) is 5.83. The highest BCUT2D eigenvalue weighted by molar-refractivity contribution is 5.95. The summed E-state index contributed by atoms with van der Waals surface area (Å²) < 4.78 is 5.99. The average Bonchev–Trinajstić information content (AvgIpc) is 2.49. The molecule has 0 amide bonds. The number of aryl methyl sites for hydroxylation is 1. The van der Waals surface area contributed by atoms with Crippen molar-refractivity contribution < 1.29 is 4.74 Å². The predicted octanol–water partition coefficient (Wildman–Crippen LogP) is 4.77. The fourth-order valence-corrected chi connectivity index (χ4v) is 2.38. The third-order valence-corrected chi connectivity index (χ3v) is 3.27. The highest BCUT2D eigenvalue weighted by atomic mass is 16.5. The normalized spacial score (nSPS) is 10.6. The minimum atomic E-state index is 0.779. The first kappa shape index (κ1) is 13.4. The number of nitrogens with zero attached hydrogens (tertiary/aromatic N) is 1. The summed E-state index contributed by atoms with van der Waals surface area (Å²) in [5.74, 6) is 1.60. The number of hydrogen-bond acceptors (Lipinski definition) is 3. The Morgan fingerprint density at radius 1 is 1.05 bits per heavy atom. The lowest BCUT2D eigenvalue weighted by atomic mass is 10.1. The fraction of sp³-hybridized carbons (Fsp3) is 0.167. The number of aromatic nitrogens is 1. The van der Waals surface area contributed by atoms with Crippen molar-refractivity contribution in [2.45, 2.75) is 13.8 Å². The summed E-state index contributed by atoms with van der Waals surface area (Å²) >= 11 is 0. The van der Waals surface area contributed by atoms with E-state index < -0.39 is 0 Å². The van der Waals surface area contributed by atoms with Crippen molar-refractivity contribution in [1.29, 1.82) is 0 Å². The smallest absolute Gasteiger partial charge is 0.153 e. The monoisotopic (exact) mass is 278 g/mol. The van der Waals surface area contributed by atoms with Gasteiger partial charge in [0.05, 0.1) is 0 Å². The summed E-state index contributed by atoms with van der Waals surface area (Å²) in [6, 6.07) is 17.9. The van der Waals surface area contributed by atoms with Gasteiger partial charge in [0.1, 0.15) is 11.3 Å². The third kappa shape index (κ3) is 2.82. The Bertz CT molecular complexity index is 754. The van der Waals surface area contributed by atoms with Crippen LogP contribution in [0.5, 0.6) is 11.5 Å². The molecule has 0 radical (unpaired) electrons. The Balaban J connectivity index is 2.11. The van der Waals surface area contributed by atoms with Crippen LogP contribution in [-0.4, -0.2) is 11.5 Å². The molecule has 3 rings (SSSR count). The second-order valence-corrected chi connectivity index (χ2v) is 4.91. The van der Waals surface area contributed by atoms with E-state index in [0.29, 0.717) is 0 Å². The van der Waals surface area contributed by atoms with Crippen molar-refractivity contribution >= 4 is 16.6 Å². The Labute approximate surface area is 124 Å². The van der Waals surface area contributed by atoms with Gasteiger partial charge in [0.15, 0.2) is 5.75 Å². The van der Waals surface area contributed by atoms with Gasteiger partial charge in [0.25, 0.3) is 0 Å². The van der Waals surface area contributed by atoms with Gasteiger partial charge >= 0.3 is 0 Å². The number of pyridine rings is 1. The molecule has 21 heavy (non-hydrogen) atoms. The van der Waals surface area contributed by atoms with Gasteiger partial charge < -0.3 is 10.1 Å². The molecule has 0 atom stereocenters. The lowest BCUT2D eigenvalue weighted by Crippen LogP contribution is -2.00. The summed E-state index contributed by atoms with van der Waals surface area (Å²) in [5, 5.41) is 4.47. The molecule has 1 N–H and O–H groups in total. The van der Waals surface area contributed by atoms with Gasteiger partial charge in [-0.1, -0.05) is 30.3 Å². The highest BCUT2D eigenvalue weighted by Gasteiger charge is 2.09. The van der Waals surface area contributed by atoms with Crippen LogP contribution in [-0.2, 0) is 0 Å².